The number of amides is 1. The Morgan fingerprint density at radius 1 is 1.12 bits per heavy atom. The maximum absolute atomic E-state index is 13.1. The van der Waals surface area contributed by atoms with Crippen LogP contribution < -0.4 is 4.74 Å². The Labute approximate surface area is 195 Å². The first-order valence-corrected chi connectivity index (χ1v) is 11.3. The molecule has 0 spiro atoms. The lowest BCUT2D eigenvalue weighted by molar-refractivity contribution is -0.140. The number of methoxy groups -OCH3 is 1. The predicted octanol–water partition coefficient (Wildman–Crippen LogP) is 3.21. The van der Waals surface area contributed by atoms with Gasteiger partial charge in [0.05, 0.1) is 31.9 Å². The van der Waals surface area contributed by atoms with Gasteiger partial charge in [-0.05, 0) is 29.8 Å². The Hall–Kier alpha value is -2.68. The molecule has 0 aromatic heterocycles. The van der Waals surface area contributed by atoms with E-state index < -0.39 is 17.7 Å². The van der Waals surface area contributed by atoms with Gasteiger partial charge in [0.25, 0.3) is 11.7 Å². The highest BCUT2D eigenvalue weighted by atomic mass is 79.9. The molecular formula is C24H25BrN2O5. The topological polar surface area (TPSA) is 79.3 Å². The average Bonchev–Trinajstić information content (AvgIpc) is 3.08. The molecule has 7 nitrogen and oxygen atoms in total. The maximum atomic E-state index is 13.1. The van der Waals surface area contributed by atoms with Gasteiger partial charge in [0.1, 0.15) is 11.5 Å². The van der Waals surface area contributed by atoms with Crippen LogP contribution in [0, 0.1) is 0 Å². The molecule has 0 aliphatic carbocycles. The van der Waals surface area contributed by atoms with E-state index in [2.05, 4.69) is 20.8 Å². The van der Waals surface area contributed by atoms with E-state index >= 15 is 0 Å². The Bertz CT molecular complexity index is 1030. The van der Waals surface area contributed by atoms with Crippen LogP contribution >= 0.6 is 15.9 Å². The highest BCUT2D eigenvalue weighted by Gasteiger charge is 2.46. The number of morpholine rings is 1. The molecule has 8 heteroatoms. The fraction of sp³-hybridized carbons (Fsp3) is 0.333. The number of nitrogens with zero attached hydrogens (tertiary/aromatic N) is 2. The molecule has 168 valence electrons. The molecule has 2 fully saturated rings. The van der Waals surface area contributed by atoms with Crippen LogP contribution in [0.15, 0.2) is 58.6 Å². The first-order valence-electron chi connectivity index (χ1n) is 10.5. The zero-order chi connectivity index (χ0) is 22.7. The predicted molar refractivity (Wildman–Crippen MR) is 123 cm³/mol. The lowest BCUT2D eigenvalue weighted by atomic mass is 9.95. The summed E-state index contributed by atoms with van der Waals surface area (Å²) in [5, 5.41) is 11.1. The minimum atomic E-state index is -0.699. The molecule has 2 saturated heterocycles. The van der Waals surface area contributed by atoms with E-state index in [0.717, 1.165) is 17.6 Å². The number of Topliss-reactive ketones (excluding diaryl/α,β-unsaturated/α-hetero) is 1. The number of aliphatic hydroxyl groups excluding tert-OH is 1. The lowest BCUT2D eigenvalue weighted by Gasteiger charge is -2.31. The maximum Gasteiger partial charge on any atom is 0.295 e. The molecule has 2 aromatic rings. The number of ether oxygens (including phenoxy) is 2. The highest BCUT2D eigenvalue weighted by molar-refractivity contribution is 9.10. The fourth-order valence-corrected chi connectivity index (χ4v) is 4.37. The molecule has 1 atom stereocenters. The number of halogens is 1. The molecule has 1 unspecified atom stereocenters. The molecular weight excluding hydrogens is 476 g/mol. The Morgan fingerprint density at radius 2 is 1.84 bits per heavy atom. The van der Waals surface area contributed by atoms with Crippen LogP contribution in [0.3, 0.4) is 0 Å². The molecule has 0 saturated carbocycles. The lowest BCUT2D eigenvalue weighted by Crippen LogP contribution is -2.42. The van der Waals surface area contributed by atoms with E-state index in [4.69, 9.17) is 9.47 Å². The summed E-state index contributed by atoms with van der Waals surface area (Å²) in [6.07, 6.45) is 0. The summed E-state index contributed by atoms with van der Waals surface area (Å²) in [5.41, 5.74) is 1.28. The molecule has 4 rings (SSSR count). The molecule has 2 aliphatic heterocycles. The average molecular weight is 501 g/mol. The van der Waals surface area contributed by atoms with E-state index in [1.54, 1.807) is 48.4 Å². The Morgan fingerprint density at radius 3 is 2.53 bits per heavy atom. The van der Waals surface area contributed by atoms with Crippen molar-refractivity contribution in [2.75, 3.05) is 46.5 Å². The second-order valence-corrected chi connectivity index (χ2v) is 8.65. The van der Waals surface area contributed by atoms with Crippen molar-refractivity contribution in [3.8, 4) is 5.75 Å². The number of carbonyl (C=O) groups is 2. The largest absolute Gasteiger partial charge is 0.507 e. The molecule has 2 heterocycles. The van der Waals surface area contributed by atoms with Gasteiger partial charge in [-0.3, -0.25) is 14.5 Å². The summed E-state index contributed by atoms with van der Waals surface area (Å²) in [5.74, 6) is -0.854. The zero-order valence-electron chi connectivity index (χ0n) is 17.8. The van der Waals surface area contributed by atoms with Gasteiger partial charge in [0, 0.05) is 36.2 Å². The first kappa shape index (κ1) is 22.5. The van der Waals surface area contributed by atoms with Crippen LogP contribution in [0.1, 0.15) is 17.2 Å². The van der Waals surface area contributed by atoms with E-state index in [-0.39, 0.29) is 11.3 Å². The van der Waals surface area contributed by atoms with Crippen LogP contribution in [0.4, 0.5) is 0 Å². The number of benzene rings is 2. The van der Waals surface area contributed by atoms with Crippen LogP contribution in [0.25, 0.3) is 5.76 Å². The third kappa shape index (κ3) is 4.57. The van der Waals surface area contributed by atoms with Crippen molar-refractivity contribution >= 4 is 33.4 Å². The minimum absolute atomic E-state index is 0.0903. The second kappa shape index (κ2) is 9.85. The van der Waals surface area contributed by atoms with E-state index in [1.165, 1.54) is 0 Å². The summed E-state index contributed by atoms with van der Waals surface area (Å²) in [4.78, 5) is 29.9. The van der Waals surface area contributed by atoms with Gasteiger partial charge in [0.15, 0.2) is 0 Å². The number of carbonyl (C=O) groups excluding carboxylic acids is 2. The molecule has 1 N–H and O–H groups in total. The Kier molecular flexibility index (Phi) is 6.93. The number of ketones is 1. The number of hydrogen-bond donors (Lipinski definition) is 1. The summed E-state index contributed by atoms with van der Waals surface area (Å²) >= 11 is 3.38. The van der Waals surface area contributed by atoms with Crippen molar-refractivity contribution in [2.24, 2.45) is 0 Å². The summed E-state index contributed by atoms with van der Waals surface area (Å²) < 4.78 is 11.6. The van der Waals surface area contributed by atoms with Gasteiger partial charge in [-0.25, -0.2) is 0 Å². The number of aliphatic hydroxyl groups is 1. The summed E-state index contributed by atoms with van der Waals surface area (Å²) in [6.45, 7) is 3.86. The smallest absolute Gasteiger partial charge is 0.295 e. The van der Waals surface area contributed by atoms with Crippen molar-refractivity contribution in [3.05, 3.63) is 69.7 Å². The third-order valence-corrected chi connectivity index (χ3v) is 6.36. The van der Waals surface area contributed by atoms with Crippen LogP contribution in [-0.4, -0.2) is 73.1 Å². The number of rotatable bonds is 6. The summed E-state index contributed by atoms with van der Waals surface area (Å²) in [7, 11) is 1.57. The number of likely N-dealkylation sites (tertiary alicyclic amines) is 1. The fourth-order valence-electron chi connectivity index (χ4n) is 4.11. The molecule has 0 bridgehead atoms. The molecule has 0 radical (unpaired) electrons. The van der Waals surface area contributed by atoms with Crippen LogP contribution in [0.5, 0.6) is 5.75 Å². The van der Waals surface area contributed by atoms with Gasteiger partial charge >= 0.3 is 0 Å². The van der Waals surface area contributed by atoms with Gasteiger partial charge in [-0.2, -0.15) is 0 Å². The van der Waals surface area contributed by atoms with Crippen LogP contribution in [0.2, 0.25) is 0 Å². The standard InChI is InChI=1S/C24H25BrN2O5/c1-31-19-4-2-3-17(15-19)21-20(22(28)16-5-7-18(25)8-6-16)23(29)24(30)27(21)10-9-26-11-13-32-14-12-26/h2-8,15,21,28H,9-14H2,1H3/b22-20-. The third-order valence-electron chi connectivity index (χ3n) is 5.83. The van der Waals surface area contributed by atoms with Crippen molar-refractivity contribution in [2.45, 2.75) is 6.04 Å². The molecule has 2 aliphatic rings. The SMILES string of the molecule is COc1cccc(C2/C(=C(/O)c3ccc(Br)cc3)C(=O)C(=O)N2CCN2CCOCC2)c1. The zero-order valence-corrected chi connectivity index (χ0v) is 19.4. The van der Waals surface area contributed by atoms with Gasteiger partial charge in [-0.1, -0.05) is 40.2 Å². The van der Waals surface area contributed by atoms with E-state index in [1.807, 2.05) is 12.1 Å². The van der Waals surface area contributed by atoms with E-state index in [0.29, 0.717) is 43.2 Å². The van der Waals surface area contributed by atoms with Gasteiger partial charge in [0.2, 0.25) is 0 Å². The van der Waals surface area contributed by atoms with Crippen molar-refractivity contribution in [1.29, 1.82) is 0 Å². The van der Waals surface area contributed by atoms with E-state index in [9.17, 15) is 14.7 Å². The van der Waals surface area contributed by atoms with Crippen molar-refractivity contribution in [1.82, 2.24) is 9.80 Å². The van der Waals surface area contributed by atoms with Crippen molar-refractivity contribution < 1.29 is 24.2 Å². The van der Waals surface area contributed by atoms with Gasteiger partial charge in [-0.15, -0.1) is 0 Å². The normalized spacial score (nSPS) is 21.2. The quantitative estimate of drug-likeness (QED) is 0.372. The van der Waals surface area contributed by atoms with Crippen LogP contribution in [-0.2, 0) is 14.3 Å². The molecule has 1 amide bonds. The van der Waals surface area contributed by atoms with Gasteiger partial charge < -0.3 is 19.5 Å². The number of hydrogen-bond acceptors (Lipinski definition) is 6. The summed E-state index contributed by atoms with van der Waals surface area (Å²) in [6, 6.07) is 13.5. The van der Waals surface area contributed by atoms with Crippen molar-refractivity contribution in [3.63, 3.8) is 0 Å². The monoisotopic (exact) mass is 500 g/mol. The Balaban J connectivity index is 1.74. The second-order valence-electron chi connectivity index (χ2n) is 7.73. The molecule has 2 aromatic carbocycles. The highest BCUT2D eigenvalue weighted by Crippen LogP contribution is 2.40. The molecule has 32 heavy (non-hydrogen) atoms. The minimum Gasteiger partial charge on any atom is -0.507 e. The first-order chi connectivity index (χ1) is 15.5.